The van der Waals surface area contributed by atoms with Crippen LogP contribution in [0, 0.1) is 17.8 Å². The Balaban J connectivity index is 2.31. The lowest BCUT2D eigenvalue weighted by atomic mass is 9.83. The predicted octanol–water partition coefficient (Wildman–Crippen LogP) is 5.62. The summed E-state index contributed by atoms with van der Waals surface area (Å²) in [6.45, 7) is 16.1. The van der Waals surface area contributed by atoms with E-state index in [9.17, 15) is 9.00 Å². The van der Waals surface area contributed by atoms with Gasteiger partial charge in [0.1, 0.15) is 11.0 Å². The molecule has 0 spiro atoms. The van der Waals surface area contributed by atoms with Crippen LogP contribution in [0.3, 0.4) is 0 Å². The molecule has 3 atom stereocenters. The summed E-state index contributed by atoms with van der Waals surface area (Å²) in [5.41, 5.74) is 2.54. The maximum absolute atomic E-state index is 13.4. The molecule has 2 aromatic rings. The van der Waals surface area contributed by atoms with Crippen LogP contribution in [0.2, 0.25) is 0 Å². The number of benzene rings is 2. The summed E-state index contributed by atoms with van der Waals surface area (Å²) in [7, 11) is -1.44. The molecule has 0 aliphatic rings. The third-order valence-electron chi connectivity index (χ3n) is 5.12. The molecule has 164 valence electrons. The highest BCUT2D eigenvalue weighted by Gasteiger charge is 2.29. The van der Waals surface area contributed by atoms with Crippen LogP contribution in [0.15, 0.2) is 53.4 Å². The molecule has 0 saturated heterocycles. The first kappa shape index (κ1) is 24.3. The zero-order valence-corrected chi connectivity index (χ0v) is 20.3. The predicted molar refractivity (Wildman–Crippen MR) is 125 cm³/mol. The zero-order chi connectivity index (χ0) is 22.7. The molecule has 0 bridgehead atoms. The summed E-state index contributed by atoms with van der Waals surface area (Å²) in [5, 5.41) is 3.05. The molecule has 0 heterocycles. The van der Waals surface area contributed by atoms with Gasteiger partial charge in [-0.2, -0.15) is 0 Å². The second-order valence-corrected chi connectivity index (χ2v) is 11.3. The highest BCUT2D eigenvalue weighted by Crippen LogP contribution is 2.34. The van der Waals surface area contributed by atoms with Gasteiger partial charge >= 0.3 is 0 Å². The summed E-state index contributed by atoms with van der Waals surface area (Å²) in [6.07, 6.45) is 0. The summed E-state index contributed by atoms with van der Waals surface area (Å²) in [4.78, 5) is 13.1. The van der Waals surface area contributed by atoms with Crippen molar-refractivity contribution in [2.45, 2.75) is 72.4 Å². The molecule has 5 heteroatoms. The van der Waals surface area contributed by atoms with Gasteiger partial charge in [0.25, 0.3) is 0 Å². The van der Waals surface area contributed by atoms with Crippen LogP contribution < -0.4 is 10.0 Å². The number of hydrogen-bond acceptors (Lipinski definition) is 2. The van der Waals surface area contributed by atoms with Crippen LogP contribution >= 0.6 is 0 Å². The lowest BCUT2D eigenvalue weighted by Gasteiger charge is -2.32. The average molecular weight is 429 g/mol. The summed E-state index contributed by atoms with van der Waals surface area (Å²) >= 11 is 0. The van der Waals surface area contributed by atoms with Gasteiger partial charge in [0.2, 0.25) is 5.91 Å². The zero-order valence-electron chi connectivity index (χ0n) is 19.5. The van der Waals surface area contributed by atoms with Gasteiger partial charge in [0, 0.05) is 11.5 Å². The molecule has 0 aliphatic heterocycles. The van der Waals surface area contributed by atoms with E-state index in [-0.39, 0.29) is 23.4 Å². The smallest absolute Gasteiger partial charge is 0.225 e. The number of nitrogens with one attached hydrogen (secondary N) is 2. The van der Waals surface area contributed by atoms with Crippen LogP contribution in [0.5, 0.6) is 0 Å². The first-order valence-electron chi connectivity index (χ1n) is 10.4. The fourth-order valence-corrected chi connectivity index (χ4v) is 4.66. The van der Waals surface area contributed by atoms with E-state index >= 15 is 0 Å². The maximum atomic E-state index is 13.4. The third kappa shape index (κ3) is 6.26. The largest absolute Gasteiger partial charge is 0.349 e. The molecule has 30 heavy (non-hydrogen) atoms. The van der Waals surface area contributed by atoms with E-state index in [0.717, 1.165) is 11.1 Å². The van der Waals surface area contributed by atoms with Crippen molar-refractivity contribution in [3.05, 3.63) is 65.2 Å². The first-order chi connectivity index (χ1) is 13.8. The van der Waals surface area contributed by atoms with Crippen molar-refractivity contribution >= 4 is 16.9 Å². The molecule has 2 rings (SSSR count). The van der Waals surface area contributed by atoms with E-state index in [1.165, 1.54) is 5.56 Å². The normalized spacial score (nSPS) is 15.3. The van der Waals surface area contributed by atoms with E-state index in [1.54, 1.807) is 0 Å². The summed E-state index contributed by atoms with van der Waals surface area (Å²) in [6, 6.07) is 15.6. The van der Waals surface area contributed by atoms with Gasteiger partial charge in [0.15, 0.2) is 0 Å². The number of carbonyl (C=O) groups is 1. The first-order valence-corrected chi connectivity index (χ1v) is 11.6. The Morgan fingerprint density at radius 1 is 0.933 bits per heavy atom. The maximum Gasteiger partial charge on any atom is 0.225 e. The third-order valence-corrected chi connectivity index (χ3v) is 6.34. The molecule has 4 nitrogen and oxygen atoms in total. The summed E-state index contributed by atoms with van der Waals surface area (Å²) in [5.74, 6) is -0.0317. The van der Waals surface area contributed by atoms with Crippen LogP contribution in [0.4, 0.5) is 0 Å². The second kappa shape index (κ2) is 9.44. The van der Waals surface area contributed by atoms with Crippen molar-refractivity contribution in [2.24, 2.45) is 10.8 Å². The quantitative estimate of drug-likeness (QED) is 0.627. The molecule has 2 aromatic carbocycles. The van der Waals surface area contributed by atoms with Crippen molar-refractivity contribution < 1.29 is 9.00 Å². The number of aryl methyl sites for hydroxylation is 1. The Morgan fingerprint density at radius 3 is 2.03 bits per heavy atom. The van der Waals surface area contributed by atoms with Crippen molar-refractivity contribution in [2.75, 3.05) is 0 Å². The average Bonchev–Trinajstić information content (AvgIpc) is 2.65. The Labute approximate surface area is 184 Å². The lowest BCUT2D eigenvalue weighted by Crippen LogP contribution is -2.37. The van der Waals surface area contributed by atoms with E-state index in [1.807, 2.05) is 52.0 Å². The minimum Gasteiger partial charge on any atom is -0.349 e. The van der Waals surface area contributed by atoms with E-state index in [2.05, 4.69) is 62.0 Å². The Morgan fingerprint density at radius 2 is 1.50 bits per heavy atom. The van der Waals surface area contributed by atoms with Gasteiger partial charge in [0.05, 0.1) is 10.9 Å². The van der Waals surface area contributed by atoms with E-state index in [4.69, 9.17) is 0 Å². The highest BCUT2D eigenvalue weighted by atomic mass is 32.2. The van der Waals surface area contributed by atoms with Crippen molar-refractivity contribution in [3.8, 4) is 0 Å². The van der Waals surface area contributed by atoms with Gasteiger partial charge in [-0.15, -0.1) is 0 Å². The SMILES string of the molecule is Cc1ccc([C@@H](N[S@](=O)c2ccccc2[C@@H](C)NC(=O)C(C)(C)C)C(C)(C)C)cc1. The number of amides is 1. The lowest BCUT2D eigenvalue weighted by molar-refractivity contribution is -0.129. The van der Waals surface area contributed by atoms with E-state index < -0.39 is 16.4 Å². The van der Waals surface area contributed by atoms with Crippen LogP contribution in [0.1, 0.15) is 77.2 Å². The van der Waals surface area contributed by atoms with E-state index in [0.29, 0.717) is 4.90 Å². The fraction of sp³-hybridized carbons (Fsp3) is 0.480. The topological polar surface area (TPSA) is 58.2 Å². The molecule has 0 aliphatic carbocycles. The Bertz CT molecular complexity index is 893. The van der Waals surface area contributed by atoms with Crippen LogP contribution in [-0.4, -0.2) is 10.1 Å². The van der Waals surface area contributed by atoms with Gasteiger partial charge in [-0.1, -0.05) is 89.6 Å². The fourth-order valence-electron chi connectivity index (χ4n) is 3.17. The number of rotatable bonds is 6. The van der Waals surface area contributed by atoms with Gasteiger partial charge in [-0.3, -0.25) is 4.79 Å². The summed E-state index contributed by atoms with van der Waals surface area (Å²) < 4.78 is 16.8. The minimum atomic E-state index is -1.44. The molecule has 2 N–H and O–H groups in total. The Kier molecular flexibility index (Phi) is 7.64. The monoisotopic (exact) mass is 428 g/mol. The second-order valence-electron chi connectivity index (χ2n) is 10.1. The van der Waals surface area contributed by atoms with Crippen molar-refractivity contribution in [3.63, 3.8) is 0 Å². The number of carbonyl (C=O) groups excluding carboxylic acids is 1. The molecule has 0 fully saturated rings. The highest BCUT2D eigenvalue weighted by molar-refractivity contribution is 7.83. The van der Waals surface area contributed by atoms with Crippen LogP contribution in [-0.2, 0) is 15.8 Å². The van der Waals surface area contributed by atoms with Crippen LogP contribution in [0.25, 0.3) is 0 Å². The molecule has 0 aromatic heterocycles. The minimum absolute atomic E-state index is 0.0317. The molecule has 1 amide bonds. The van der Waals surface area contributed by atoms with Crippen molar-refractivity contribution in [1.82, 2.24) is 10.0 Å². The molecular formula is C25H36N2O2S. The molecular weight excluding hydrogens is 392 g/mol. The van der Waals surface area contributed by atoms with Gasteiger partial charge in [-0.05, 0) is 36.5 Å². The van der Waals surface area contributed by atoms with Crippen molar-refractivity contribution in [1.29, 1.82) is 0 Å². The number of hydrogen-bond donors (Lipinski definition) is 2. The standard InChI is InChI=1S/C25H36N2O2S/c1-17-13-15-19(16-14-17)22(24(3,4)5)27-30(29)21-12-10-9-11-20(21)18(2)26-23(28)25(6,7)8/h9-16,18,22,27H,1-8H3,(H,26,28)/t18-,22-,30-/m1/s1. The molecule has 0 radical (unpaired) electrons. The molecule has 0 saturated carbocycles. The van der Waals surface area contributed by atoms with Gasteiger partial charge in [-0.25, -0.2) is 8.93 Å². The Hall–Kier alpha value is -1.98. The molecule has 0 unspecified atom stereocenters. The van der Waals surface area contributed by atoms with Gasteiger partial charge < -0.3 is 5.32 Å².